The molecule has 1 fully saturated rings. The largest absolute Gasteiger partial charge is 0.354 e. The second kappa shape index (κ2) is 5.92. The van der Waals surface area contributed by atoms with Gasteiger partial charge in [-0.15, -0.1) is 0 Å². The number of anilines is 1. The zero-order valence-corrected chi connectivity index (χ0v) is 16.7. The van der Waals surface area contributed by atoms with Crippen LogP contribution in [0.3, 0.4) is 0 Å². The van der Waals surface area contributed by atoms with E-state index in [0.717, 1.165) is 48.6 Å². The molecular weight excluding hydrogens is 362 g/mol. The van der Waals surface area contributed by atoms with E-state index in [2.05, 4.69) is 52.7 Å². The molecule has 5 heterocycles. The lowest BCUT2D eigenvalue weighted by Gasteiger charge is -2.43. The van der Waals surface area contributed by atoms with Crippen molar-refractivity contribution in [1.29, 1.82) is 0 Å². The minimum atomic E-state index is 0.124. The van der Waals surface area contributed by atoms with Gasteiger partial charge in [0.05, 0.1) is 5.52 Å². The topological polar surface area (TPSA) is 56.0 Å². The van der Waals surface area contributed by atoms with E-state index < -0.39 is 0 Å². The summed E-state index contributed by atoms with van der Waals surface area (Å²) in [5.74, 6) is 1.83. The molecule has 6 nitrogen and oxygen atoms in total. The zero-order chi connectivity index (χ0) is 19.7. The van der Waals surface area contributed by atoms with Gasteiger partial charge in [0.25, 0.3) is 5.56 Å². The fourth-order valence-electron chi connectivity index (χ4n) is 5.43. The van der Waals surface area contributed by atoms with Gasteiger partial charge in [-0.3, -0.25) is 4.79 Å². The maximum atomic E-state index is 12.3. The van der Waals surface area contributed by atoms with E-state index in [9.17, 15) is 4.79 Å². The molecule has 0 unspecified atom stereocenters. The summed E-state index contributed by atoms with van der Waals surface area (Å²) < 4.78 is 4.20. The number of nitrogens with zero attached hydrogens (tertiary/aromatic N) is 5. The van der Waals surface area contributed by atoms with Crippen LogP contribution in [0.1, 0.15) is 23.6 Å². The Morgan fingerprint density at radius 2 is 1.97 bits per heavy atom. The lowest BCUT2D eigenvalue weighted by molar-refractivity contribution is 0.281. The molecule has 0 saturated carbocycles. The number of hydrogen-bond donors (Lipinski definition) is 0. The quantitative estimate of drug-likeness (QED) is 0.505. The third kappa shape index (κ3) is 2.38. The van der Waals surface area contributed by atoms with Gasteiger partial charge in [-0.2, -0.15) is 0 Å². The van der Waals surface area contributed by atoms with Crippen LogP contribution in [0.25, 0.3) is 21.9 Å². The minimum absolute atomic E-state index is 0.124. The fourth-order valence-corrected chi connectivity index (χ4v) is 5.43. The van der Waals surface area contributed by atoms with E-state index in [-0.39, 0.29) is 5.56 Å². The summed E-state index contributed by atoms with van der Waals surface area (Å²) in [5.41, 5.74) is 5.82. The van der Waals surface area contributed by atoms with Crippen LogP contribution in [0.2, 0.25) is 0 Å². The van der Waals surface area contributed by atoms with Crippen LogP contribution < -0.4 is 10.5 Å². The van der Waals surface area contributed by atoms with Crippen molar-refractivity contribution in [2.24, 2.45) is 13.0 Å². The van der Waals surface area contributed by atoms with Crippen molar-refractivity contribution in [3.63, 3.8) is 0 Å². The van der Waals surface area contributed by atoms with Gasteiger partial charge in [-0.1, -0.05) is 17.7 Å². The maximum Gasteiger partial charge on any atom is 0.250 e. The van der Waals surface area contributed by atoms with Gasteiger partial charge in [0.2, 0.25) is 0 Å². The Morgan fingerprint density at radius 3 is 2.86 bits per heavy atom. The molecular formula is C23H23N5O. The van der Waals surface area contributed by atoms with E-state index >= 15 is 0 Å². The van der Waals surface area contributed by atoms with Crippen LogP contribution in [-0.2, 0) is 13.6 Å². The molecule has 1 saturated heterocycles. The third-order valence-corrected chi connectivity index (χ3v) is 6.69. The Morgan fingerprint density at radius 1 is 1.07 bits per heavy atom. The maximum absolute atomic E-state index is 12.3. The Labute approximate surface area is 168 Å². The SMILES string of the molecule is Cc1ccc2c(c1)c1ncnc(N3C[C@H]4C[C@H](C3)c3cccc(=O)n3C4)c1n2C. The number of pyridine rings is 1. The summed E-state index contributed by atoms with van der Waals surface area (Å²) in [6.45, 7) is 4.71. The minimum Gasteiger partial charge on any atom is -0.354 e. The highest BCUT2D eigenvalue weighted by Crippen LogP contribution is 2.39. The molecule has 2 aliphatic rings. The van der Waals surface area contributed by atoms with Crippen LogP contribution in [0.15, 0.2) is 47.5 Å². The molecule has 2 bridgehead atoms. The summed E-state index contributed by atoms with van der Waals surface area (Å²) >= 11 is 0. The van der Waals surface area contributed by atoms with Gasteiger partial charge in [0, 0.05) is 49.7 Å². The average Bonchev–Trinajstić information content (AvgIpc) is 3.00. The van der Waals surface area contributed by atoms with Crippen molar-refractivity contribution >= 4 is 27.8 Å². The zero-order valence-electron chi connectivity index (χ0n) is 16.7. The van der Waals surface area contributed by atoms with E-state index in [1.165, 1.54) is 16.5 Å². The molecule has 0 aliphatic carbocycles. The second-order valence-electron chi connectivity index (χ2n) is 8.58. The second-order valence-corrected chi connectivity index (χ2v) is 8.58. The predicted octanol–water partition coefficient (Wildman–Crippen LogP) is 3.22. The molecule has 0 spiro atoms. The molecule has 0 N–H and O–H groups in total. The molecule has 6 rings (SSSR count). The number of aryl methyl sites for hydroxylation is 2. The first-order chi connectivity index (χ1) is 14.1. The molecule has 1 aromatic carbocycles. The lowest BCUT2D eigenvalue weighted by atomic mass is 9.83. The van der Waals surface area contributed by atoms with E-state index in [0.29, 0.717) is 11.8 Å². The summed E-state index contributed by atoms with van der Waals surface area (Å²) in [6, 6.07) is 12.2. The highest BCUT2D eigenvalue weighted by molar-refractivity contribution is 6.09. The number of rotatable bonds is 1. The normalized spacial score (nSPS) is 21.0. The molecule has 3 aromatic heterocycles. The number of aromatic nitrogens is 4. The lowest BCUT2D eigenvalue weighted by Crippen LogP contribution is -2.47. The molecule has 6 heteroatoms. The van der Waals surface area contributed by atoms with Crippen LogP contribution in [-0.4, -0.2) is 32.2 Å². The predicted molar refractivity (Wildman–Crippen MR) is 115 cm³/mol. The monoisotopic (exact) mass is 385 g/mol. The Balaban J connectivity index is 1.50. The van der Waals surface area contributed by atoms with Gasteiger partial charge in [-0.05, 0) is 37.5 Å². The van der Waals surface area contributed by atoms with Crippen LogP contribution in [0, 0.1) is 12.8 Å². The molecule has 2 aliphatic heterocycles. The Hall–Kier alpha value is -3.15. The summed E-state index contributed by atoms with van der Waals surface area (Å²) in [5, 5.41) is 1.18. The molecule has 0 radical (unpaired) electrons. The Bertz CT molecular complexity index is 1330. The number of piperidine rings is 1. The first-order valence-corrected chi connectivity index (χ1v) is 10.2. The van der Waals surface area contributed by atoms with Crippen molar-refractivity contribution in [3.05, 3.63) is 64.3 Å². The first kappa shape index (κ1) is 16.8. The van der Waals surface area contributed by atoms with E-state index in [1.54, 1.807) is 12.4 Å². The highest BCUT2D eigenvalue weighted by atomic mass is 16.1. The highest BCUT2D eigenvalue weighted by Gasteiger charge is 2.36. The van der Waals surface area contributed by atoms with Gasteiger partial charge in [-0.25, -0.2) is 9.97 Å². The molecule has 146 valence electrons. The van der Waals surface area contributed by atoms with Gasteiger partial charge < -0.3 is 14.0 Å². The van der Waals surface area contributed by atoms with E-state index in [4.69, 9.17) is 4.98 Å². The standard InChI is InChI=1S/C23H23N5O/c1-14-6-7-19-17(8-14)21-22(26(19)2)23(25-13-24-21)27-10-15-9-16(12-27)18-4-3-5-20(29)28(18)11-15/h3-8,13,15-16H,9-12H2,1-2H3/t15-,16-/m1/s1. The van der Waals surface area contributed by atoms with Gasteiger partial charge >= 0.3 is 0 Å². The summed E-state index contributed by atoms with van der Waals surface area (Å²) in [4.78, 5) is 24.1. The molecule has 2 atom stereocenters. The number of hydrogen-bond acceptors (Lipinski definition) is 4. The Kier molecular flexibility index (Phi) is 3.43. The van der Waals surface area contributed by atoms with E-state index in [1.807, 2.05) is 10.6 Å². The average molecular weight is 385 g/mol. The third-order valence-electron chi connectivity index (χ3n) is 6.69. The van der Waals surface area contributed by atoms with Crippen molar-refractivity contribution in [3.8, 4) is 0 Å². The number of benzene rings is 1. The molecule has 0 amide bonds. The number of fused-ring (bicyclic) bond motifs is 7. The van der Waals surface area contributed by atoms with Gasteiger partial charge in [0.15, 0.2) is 5.82 Å². The molecule has 29 heavy (non-hydrogen) atoms. The van der Waals surface area contributed by atoms with Crippen LogP contribution >= 0.6 is 0 Å². The van der Waals surface area contributed by atoms with Crippen LogP contribution in [0.4, 0.5) is 5.82 Å². The van der Waals surface area contributed by atoms with Crippen molar-refractivity contribution in [1.82, 2.24) is 19.1 Å². The fraction of sp³-hybridized carbons (Fsp3) is 0.348. The van der Waals surface area contributed by atoms with Crippen molar-refractivity contribution in [2.75, 3.05) is 18.0 Å². The smallest absolute Gasteiger partial charge is 0.250 e. The van der Waals surface area contributed by atoms with Gasteiger partial charge in [0.1, 0.15) is 17.4 Å². The van der Waals surface area contributed by atoms with Crippen LogP contribution in [0.5, 0.6) is 0 Å². The summed E-state index contributed by atoms with van der Waals surface area (Å²) in [6.07, 6.45) is 2.84. The van der Waals surface area contributed by atoms with Crippen molar-refractivity contribution < 1.29 is 0 Å². The first-order valence-electron chi connectivity index (χ1n) is 10.2. The van der Waals surface area contributed by atoms with Crippen molar-refractivity contribution in [2.45, 2.75) is 25.8 Å². The summed E-state index contributed by atoms with van der Waals surface area (Å²) in [7, 11) is 2.10. The molecule has 4 aromatic rings.